The zero-order valence-electron chi connectivity index (χ0n) is 11.0. The van der Waals surface area contributed by atoms with Gasteiger partial charge in [-0.1, -0.05) is 18.2 Å². The third kappa shape index (κ3) is 4.15. The molecule has 1 aromatic carbocycles. The summed E-state index contributed by atoms with van der Waals surface area (Å²) in [6.45, 7) is 1.41. The molecule has 1 aromatic rings. The maximum Gasteiger partial charge on any atom is 0.389 e. The van der Waals surface area contributed by atoms with E-state index < -0.39 is 12.6 Å². The molecule has 0 aliphatic carbocycles. The van der Waals surface area contributed by atoms with Gasteiger partial charge in [0.15, 0.2) is 0 Å². The van der Waals surface area contributed by atoms with E-state index in [1.54, 1.807) is 29.2 Å². The lowest BCUT2D eigenvalue weighted by molar-refractivity contribution is -0.133. The van der Waals surface area contributed by atoms with Gasteiger partial charge in [-0.15, -0.1) is 0 Å². The quantitative estimate of drug-likeness (QED) is 0.900. The number of carbonyl (C=O) groups is 1. The minimum atomic E-state index is -4.19. The molecule has 1 saturated heterocycles. The van der Waals surface area contributed by atoms with Crippen molar-refractivity contribution in [3.05, 3.63) is 29.8 Å². The van der Waals surface area contributed by atoms with Crippen LogP contribution in [0.2, 0.25) is 0 Å². The number of para-hydroxylation sites is 1. The lowest BCUT2D eigenvalue weighted by atomic mass is 10.1. The molecule has 110 valence electrons. The maximum atomic E-state index is 12.3. The number of nitrogens with one attached hydrogen (secondary N) is 1. The fourth-order valence-electron chi connectivity index (χ4n) is 2.25. The van der Waals surface area contributed by atoms with Gasteiger partial charge in [-0.3, -0.25) is 0 Å². The molecule has 0 unspecified atom stereocenters. The third-order valence-corrected chi connectivity index (χ3v) is 3.33. The van der Waals surface area contributed by atoms with Crippen molar-refractivity contribution in [2.45, 2.75) is 31.9 Å². The molecule has 2 rings (SSSR count). The minimum Gasteiger partial charge on any atom is -0.325 e. The van der Waals surface area contributed by atoms with Gasteiger partial charge in [0.05, 0.1) is 0 Å². The molecule has 1 N–H and O–H groups in total. The molecule has 0 saturated carbocycles. The molecular weight excluding hydrogens is 269 g/mol. The van der Waals surface area contributed by atoms with Crippen LogP contribution in [0.15, 0.2) is 24.3 Å². The average Bonchev–Trinajstić information content (AvgIpc) is 2.90. The standard InChI is InChI=1S/C14H17F3N2O/c15-14(16,17)8-7-11-5-1-2-6-12(11)18-13(20)19-9-3-4-10-19/h1-2,5-6H,3-4,7-10H2,(H,18,20). The zero-order valence-corrected chi connectivity index (χ0v) is 11.0. The predicted molar refractivity (Wildman–Crippen MR) is 70.6 cm³/mol. The highest BCUT2D eigenvalue weighted by molar-refractivity contribution is 5.90. The van der Waals surface area contributed by atoms with E-state index in [0.29, 0.717) is 24.3 Å². The van der Waals surface area contributed by atoms with E-state index in [1.807, 2.05) is 0 Å². The molecule has 1 aliphatic rings. The molecule has 6 heteroatoms. The van der Waals surface area contributed by atoms with Crippen LogP contribution >= 0.6 is 0 Å². The molecule has 1 heterocycles. The topological polar surface area (TPSA) is 32.3 Å². The summed E-state index contributed by atoms with van der Waals surface area (Å²) in [6, 6.07) is 6.40. The Labute approximate surface area is 115 Å². The largest absolute Gasteiger partial charge is 0.389 e. The molecule has 20 heavy (non-hydrogen) atoms. The zero-order chi connectivity index (χ0) is 14.6. The molecule has 2 amide bonds. The van der Waals surface area contributed by atoms with Gasteiger partial charge in [0, 0.05) is 25.2 Å². The summed E-state index contributed by atoms with van der Waals surface area (Å²) in [7, 11) is 0. The monoisotopic (exact) mass is 286 g/mol. The molecule has 1 aliphatic heterocycles. The Balaban J connectivity index is 2.01. The average molecular weight is 286 g/mol. The first-order chi connectivity index (χ1) is 9.46. The van der Waals surface area contributed by atoms with Gasteiger partial charge in [-0.05, 0) is 30.9 Å². The van der Waals surface area contributed by atoms with E-state index in [9.17, 15) is 18.0 Å². The molecule has 0 bridgehead atoms. The summed E-state index contributed by atoms with van der Waals surface area (Å²) in [5.74, 6) is 0. The van der Waals surface area contributed by atoms with Crippen LogP contribution in [0.3, 0.4) is 0 Å². The molecule has 0 aromatic heterocycles. The Hall–Kier alpha value is -1.72. The first kappa shape index (κ1) is 14.7. The Morgan fingerprint density at radius 1 is 1.20 bits per heavy atom. The smallest absolute Gasteiger partial charge is 0.325 e. The number of halogens is 3. The van der Waals surface area contributed by atoms with Crippen LogP contribution in [-0.2, 0) is 6.42 Å². The first-order valence-corrected chi connectivity index (χ1v) is 6.66. The summed E-state index contributed by atoms with van der Waals surface area (Å²) in [5, 5.41) is 2.71. The Morgan fingerprint density at radius 3 is 2.50 bits per heavy atom. The van der Waals surface area contributed by atoms with E-state index >= 15 is 0 Å². The van der Waals surface area contributed by atoms with Crippen molar-refractivity contribution < 1.29 is 18.0 Å². The van der Waals surface area contributed by atoms with Crippen molar-refractivity contribution in [3.8, 4) is 0 Å². The summed E-state index contributed by atoms with van der Waals surface area (Å²) in [4.78, 5) is 13.6. The van der Waals surface area contributed by atoms with E-state index in [-0.39, 0.29) is 12.5 Å². The minimum absolute atomic E-state index is 0.125. The van der Waals surface area contributed by atoms with Gasteiger partial charge < -0.3 is 10.2 Å². The summed E-state index contributed by atoms with van der Waals surface area (Å²) < 4.78 is 36.9. The molecule has 0 spiro atoms. The number of anilines is 1. The highest BCUT2D eigenvalue weighted by atomic mass is 19.4. The lowest BCUT2D eigenvalue weighted by Crippen LogP contribution is -2.32. The van der Waals surface area contributed by atoms with Gasteiger partial charge in [-0.2, -0.15) is 13.2 Å². The molecule has 0 atom stereocenters. The van der Waals surface area contributed by atoms with Gasteiger partial charge in [0.25, 0.3) is 0 Å². The number of nitrogens with zero attached hydrogens (tertiary/aromatic N) is 1. The van der Waals surface area contributed by atoms with Gasteiger partial charge in [0.1, 0.15) is 0 Å². The Kier molecular flexibility index (Phi) is 4.52. The Bertz CT molecular complexity index is 468. The summed E-state index contributed by atoms with van der Waals surface area (Å²) in [6.07, 6.45) is -3.25. The van der Waals surface area contributed by atoms with Gasteiger partial charge >= 0.3 is 12.2 Å². The Morgan fingerprint density at radius 2 is 1.85 bits per heavy atom. The fourth-order valence-corrected chi connectivity index (χ4v) is 2.25. The van der Waals surface area contributed by atoms with Crippen molar-refractivity contribution in [2.24, 2.45) is 0 Å². The number of benzene rings is 1. The number of hydrogen-bond donors (Lipinski definition) is 1. The first-order valence-electron chi connectivity index (χ1n) is 6.66. The number of rotatable bonds is 3. The molecule has 0 radical (unpaired) electrons. The second kappa shape index (κ2) is 6.15. The van der Waals surface area contributed by atoms with Crippen molar-refractivity contribution in [1.82, 2.24) is 4.90 Å². The third-order valence-electron chi connectivity index (χ3n) is 3.33. The highest BCUT2D eigenvalue weighted by Crippen LogP contribution is 2.25. The molecule has 3 nitrogen and oxygen atoms in total. The van der Waals surface area contributed by atoms with Crippen LogP contribution in [0.1, 0.15) is 24.8 Å². The molecule has 1 fully saturated rings. The van der Waals surface area contributed by atoms with Crippen molar-refractivity contribution in [3.63, 3.8) is 0 Å². The van der Waals surface area contributed by atoms with E-state index in [2.05, 4.69) is 5.32 Å². The highest BCUT2D eigenvalue weighted by Gasteiger charge is 2.27. The SMILES string of the molecule is O=C(Nc1ccccc1CCC(F)(F)F)N1CCCC1. The summed E-state index contributed by atoms with van der Waals surface area (Å²) >= 11 is 0. The number of hydrogen-bond acceptors (Lipinski definition) is 1. The number of likely N-dealkylation sites (tertiary alicyclic amines) is 1. The van der Waals surface area contributed by atoms with Crippen LogP contribution in [0.5, 0.6) is 0 Å². The van der Waals surface area contributed by atoms with Crippen LogP contribution in [-0.4, -0.2) is 30.2 Å². The van der Waals surface area contributed by atoms with Crippen molar-refractivity contribution >= 4 is 11.7 Å². The fraction of sp³-hybridized carbons (Fsp3) is 0.500. The van der Waals surface area contributed by atoms with E-state index in [4.69, 9.17) is 0 Å². The van der Waals surface area contributed by atoms with Gasteiger partial charge in [-0.25, -0.2) is 4.79 Å². The van der Waals surface area contributed by atoms with E-state index in [1.165, 1.54) is 0 Å². The molecular formula is C14H17F3N2O. The van der Waals surface area contributed by atoms with Crippen molar-refractivity contribution in [2.75, 3.05) is 18.4 Å². The van der Waals surface area contributed by atoms with Crippen LogP contribution in [0.25, 0.3) is 0 Å². The number of carbonyl (C=O) groups excluding carboxylic acids is 1. The number of alkyl halides is 3. The normalized spacial score (nSPS) is 15.4. The second-order valence-corrected chi connectivity index (χ2v) is 4.90. The lowest BCUT2D eigenvalue weighted by Gasteiger charge is -2.18. The second-order valence-electron chi connectivity index (χ2n) is 4.90. The summed E-state index contributed by atoms with van der Waals surface area (Å²) in [5.41, 5.74) is 0.978. The number of urea groups is 1. The van der Waals surface area contributed by atoms with Gasteiger partial charge in [0.2, 0.25) is 0 Å². The maximum absolute atomic E-state index is 12.3. The van der Waals surface area contributed by atoms with Crippen LogP contribution < -0.4 is 5.32 Å². The van der Waals surface area contributed by atoms with E-state index in [0.717, 1.165) is 12.8 Å². The predicted octanol–water partition coefficient (Wildman–Crippen LogP) is 3.81. The van der Waals surface area contributed by atoms with Crippen molar-refractivity contribution in [1.29, 1.82) is 0 Å². The van der Waals surface area contributed by atoms with Crippen LogP contribution in [0.4, 0.5) is 23.7 Å². The number of aryl methyl sites for hydroxylation is 1. The number of amides is 2. The van der Waals surface area contributed by atoms with Crippen LogP contribution in [0, 0.1) is 0 Å².